The quantitative estimate of drug-likeness (QED) is 0.161. The molecule has 2 unspecified atom stereocenters. The van der Waals surface area contributed by atoms with Gasteiger partial charge >= 0.3 is 0 Å². The van der Waals surface area contributed by atoms with Crippen LogP contribution in [0.3, 0.4) is 0 Å². The average molecular weight is 553 g/mol. The summed E-state index contributed by atoms with van der Waals surface area (Å²) in [5.41, 5.74) is 1.22. The minimum absolute atomic E-state index is 0.0479. The SMILES string of the molecule is OC[C@H]1OC(Oc2cc(/C=C/c3ccc(O)cc3)cc(OC3O[C@H](CO)[C@H](O)[C@@H](O)[C@@H]3O)c2)[C@@H](O)[C@H](O)[C@H]1O. The van der Waals surface area contributed by atoms with Crippen LogP contribution >= 0.6 is 0 Å². The first-order valence-electron chi connectivity index (χ1n) is 12.2. The number of hydrogen-bond donors (Lipinski definition) is 9. The van der Waals surface area contributed by atoms with Gasteiger partial charge in [0.2, 0.25) is 12.6 Å². The third-order valence-corrected chi connectivity index (χ3v) is 6.47. The molecular weight excluding hydrogens is 520 g/mol. The molecule has 9 N–H and O–H groups in total. The van der Waals surface area contributed by atoms with Crippen LogP contribution in [-0.2, 0) is 9.47 Å². The largest absolute Gasteiger partial charge is 0.508 e. The van der Waals surface area contributed by atoms with Crippen molar-refractivity contribution in [2.75, 3.05) is 13.2 Å². The lowest BCUT2D eigenvalue weighted by Crippen LogP contribution is -2.60. The minimum Gasteiger partial charge on any atom is -0.508 e. The van der Waals surface area contributed by atoms with E-state index in [0.29, 0.717) is 5.56 Å². The number of rotatable bonds is 8. The molecule has 0 bridgehead atoms. The fourth-order valence-corrected chi connectivity index (χ4v) is 4.20. The molecule has 2 aromatic carbocycles. The van der Waals surface area contributed by atoms with Gasteiger partial charge in [-0.05, 0) is 35.4 Å². The first kappa shape index (κ1) is 29.2. The van der Waals surface area contributed by atoms with E-state index in [4.69, 9.17) is 18.9 Å². The minimum atomic E-state index is -1.67. The number of phenols is 1. The van der Waals surface area contributed by atoms with Gasteiger partial charge in [0.05, 0.1) is 13.2 Å². The number of ether oxygens (including phenoxy) is 4. The van der Waals surface area contributed by atoms with Crippen molar-refractivity contribution >= 4 is 12.2 Å². The molecule has 4 rings (SSSR count). The van der Waals surface area contributed by atoms with E-state index in [-0.39, 0.29) is 17.2 Å². The highest BCUT2D eigenvalue weighted by Crippen LogP contribution is 2.31. The Balaban J connectivity index is 1.62. The fraction of sp³-hybridized carbons (Fsp3) is 0.462. The van der Waals surface area contributed by atoms with Gasteiger partial charge < -0.3 is 64.9 Å². The van der Waals surface area contributed by atoms with Gasteiger partial charge in [-0.25, -0.2) is 0 Å². The lowest BCUT2D eigenvalue weighted by atomic mass is 9.99. The van der Waals surface area contributed by atoms with E-state index in [1.165, 1.54) is 30.3 Å². The molecule has 2 saturated heterocycles. The lowest BCUT2D eigenvalue weighted by molar-refractivity contribution is -0.278. The molecule has 2 aliphatic rings. The van der Waals surface area contributed by atoms with Crippen molar-refractivity contribution in [2.24, 2.45) is 0 Å². The van der Waals surface area contributed by atoms with Crippen molar-refractivity contribution < 1.29 is 64.9 Å². The number of aliphatic hydroxyl groups is 8. The van der Waals surface area contributed by atoms with Crippen LogP contribution in [0.15, 0.2) is 42.5 Å². The van der Waals surface area contributed by atoms with E-state index in [1.54, 1.807) is 24.3 Å². The summed E-state index contributed by atoms with van der Waals surface area (Å²) in [5, 5.41) is 89.4. The van der Waals surface area contributed by atoms with Crippen molar-refractivity contribution in [3.8, 4) is 17.2 Å². The van der Waals surface area contributed by atoms with Crippen LogP contribution in [0.25, 0.3) is 12.2 Å². The molecule has 39 heavy (non-hydrogen) atoms. The number of benzene rings is 2. The third kappa shape index (κ3) is 6.67. The predicted octanol–water partition coefficient (Wildman–Crippen LogP) is -2.08. The lowest BCUT2D eigenvalue weighted by Gasteiger charge is -2.40. The molecule has 0 radical (unpaired) electrons. The monoisotopic (exact) mass is 552 g/mol. The van der Waals surface area contributed by atoms with Gasteiger partial charge in [-0.3, -0.25) is 0 Å². The molecule has 2 fully saturated rings. The Morgan fingerprint density at radius 2 is 1.03 bits per heavy atom. The summed E-state index contributed by atoms with van der Waals surface area (Å²) >= 11 is 0. The maximum atomic E-state index is 10.4. The summed E-state index contributed by atoms with van der Waals surface area (Å²) in [6, 6.07) is 10.7. The van der Waals surface area contributed by atoms with Crippen LogP contribution in [0.4, 0.5) is 0 Å². The maximum Gasteiger partial charge on any atom is 0.229 e. The Kier molecular flexibility index (Phi) is 9.40. The highest BCUT2D eigenvalue weighted by atomic mass is 16.7. The van der Waals surface area contributed by atoms with Crippen molar-refractivity contribution in [3.05, 3.63) is 53.6 Å². The van der Waals surface area contributed by atoms with Crippen LogP contribution in [0.5, 0.6) is 17.2 Å². The summed E-state index contributed by atoms with van der Waals surface area (Å²) in [7, 11) is 0. The molecule has 2 heterocycles. The molecule has 0 amide bonds. The summed E-state index contributed by atoms with van der Waals surface area (Å²) in [5.74, 6) is 0.191. The van der Waals surface area contributed by atoms with Gasteiger partial charge in [0.25, 0.3) is 0 Å². The number of aromatic hydroxyl groups is 1. The normalized spacial score (nSPS) is 35.2. The number of aliphatic hydroxyl groups excluding tert-OH is 8. The maximum absolute atomic E-state index is 10.4. The van der Waals surface area contributed by atoms with Crippen molar-refractivity contribution in [1.82, 2.24) is 0 Å². The van der Waals surface area contributed by atoms with Crippen molar-refractivity contribution in [1.29, 1.82) is 0 Å². The molecule has 0 saturated carbocycles. The van der Waals surface area contributed by atoms with E-state index in [0.717, 1.165) is 5.56 Å². The number of phenolic OH excluding ortho intramolecular Hbond substituents is 1. The Bertz CT molecular complexity index is 1050. The van der Waals surface area contributed by atoms with E-state index in [2.05, 4.69) is 0 Å². The number of hydrogen-bond acceptors (Lipinski definition) is 13. The van der Waals surface area contributed by atoms with Crippen LogP contribution < -0.4 is 9.47 Å². The summed E-state index contributed by atoms with van der Waals surface area (Å²) < 4.78 is 22.3. The third-order valence-electron chi connectivity index (χ3n) is 6.47. The second-order valence-corrected chi connectivity index (χ2v) is 9.29. The summed E-state index contributed by atoms with van der Waals surface area (Å²) in [6.07, 6.45) is -11.8. The van der Waals surface area contributed by atoms with Gasteiger partial charge in [0, 0.05) is 6.07 Å². The first-order valence-corrected chi connectivity index (χ1v) is 12.2. The molecule has 10 atom stereocenters. The fourth-order valence-electron chi connectivity index (χ4n) is 4.20. The zero-order valence-corrected chi connectivity index (χ0v) is 20.5. The van der Waals surface area contributed by atoms with Gasteiger partial charge in [0.1, 0.15) is 66.1 Å². The van der Waals surface area contributed by atoms with Gasteiger partial charge in [0.15, 0.2) is 0 Å². The van der Waals surface area contributed by atoms with Crippen LogP contribution in [0, 0.1) is 0 Å². The van der Waals surface area contributed by atoms with E-state index >= 15 is 0 Å². The van der Waals surface area contributed by atoms with Crippen LogP contribution in [0.2, 0.25) is 0 Å². The second kappa shape index (κ2) is 12.6. The Morgan fingerprint density at radius 1 is 0.590 bits per heavy atom. The van der Waals surface area contributed by atoms with Gasteiger partial charge in [-0.2, -0.15) is 0 Å². The van der Waals surface area contributed by atoms with Crippen molar-refractivity contribution in [2.45, 2.75) is 61.4 Å². The van der Waals surface area contributed by atoms with Gasteiger partial charge in [-0.1, -0.05) is 24.3 Å². The molecule has 13 nitrogen and oxygen atoms in total. The molecular formula is C26H32O13. The molecule has 0 aliphatic carbocycles. The Hall–Kier alpha value is -2.82. The highest BCUT2D eigenvalue weighted by molar-refractivity contribution is 5.71. The zero-order valence-electron chi connectivity index (χ0n) is 20.5. The summed E-state index contributed by atoms with van der Waals surface area (Å²) in [6.45, 7) is -1.29. The Morgan fingerprint density at radius 3 is 1.46 bits per heavy atom. The highest BCUT2D eigenvalue weighted by Gasteiger charge is 2.46. The standard InChI is InChI=1S/C26H32O13/c27-10-17-19(30)21(32)23(34)25(38-17)36-15-7-13(2-1-12-3-5-14(29)6-4-12)8-16(9-15)37-26-24(35)22(33)20(31)18(11-28)39-26/h1-9,17-35H,10-11H2/b2-1+/t17-,18-,19+,20+,21-,22-,23+,24+,25?,26?/m1/s1. The first-order chi connectivity index (χ1) is 18.6. The van der Waals surface area contributed by atoms with E-state index < -0.39 is 74.6 Å². The topological polar surface area (TPSA) is 219 Å². The van der Waals surface area contributed by atoms with Crippen molar-refractivity contribution in [3.63, 3.8) is 0 Å². The molecule has 0 spiro atoms. The smallest absolute Gasteiger partial charge is 0.229 e. The Labute approximate surface area is 222 Å². The second-order valence-electron chi connectivity index (χ2n) is 9.29. The predicted molar refractivity (Wildman–Crippen MR) is 132 cm³/mol. The van der Waals surface area contributed by atoms with E-state index in [1.807, 2.05) is 0 Å². The average Bonchev–Trinajstić information content (AvgIpc) is 2.93. The molecule has 214 valence electrons. The molecule has 2 aliphatic heterocycles. The van der Waals surface area contributed by atoms with Gasteiger partial charge in [-0.15, -0.1) is 0 Å². The molecule has 2 aromatic rings. The van der Waals surface area contributed by atoms with Crippen LogP contribution in [-0.4, -0.2) is 121 Å². The van der Waals surface area contributed by atoms with E-state index in [9.17, 15) is 46.0 Å². The summed E-state index contributed by atoms with van der Waals surface area (Å²) in [4.78, 5) is 0. The molecule has 0 aromatic heterocycles. The van der Waals surface area contributed by atoms with Crippen LogP contribution in [0.1, 0.15) is 11.1 Å². The molecule has 13 heteroatoms. The zero-order chi connectivity index (χ0) is 28.3.